The molecule has 1 aromatic heterocycles. The van der Waals surface area contributed by atoms with Crippen LogP contribution in [0.25, 0.3) is 0 Å². The number of piperidine rings is 1. The van der Waals surface area contributed by atoms with E-state index in [1.165, 1.54) is 12.8 Å². The van der Waals surface area contributed by atoms with Gasteiger partial charge in [0.25, 0.3) is 0 Å². The van der Waals surface area contributed by atoms with E-state index in [9.17, 15) is 0 Å². The van der Waals surface area contributed by atoms with Crippen molar-refractivity contribution in [3.63, 3.8) is 0 Å². The molecule has 3 heterocycles. The van der Waals surface area contributed by atoms with E-state index in [0.29, 0.717) is 19.3 Å². The second-order valence-electron chi connectivity index (χ2n) is 6.35. The lowest BCUT2D eigenvalue weighted by Gasteiger charge is -2.29. The van der Waals surface area contributed by atoms with Gasteiger partial charge in [-0.3, -0.25) is 0 Å². The molecular formula is C17H21N5O2. The van der Waals surface area contributed by atoms with Gasteiger partial charge in [-0.15, -0.1) is 5.10 Å². The van der Waals surface area contributed by atoms with Crippen LogP contribution in [0.4, 0.5) is 11.8 Å². The van der Waals surface area contributed by atoms with Crippen LogP contribution in [0.1, 0.15) is 25.3 Å². The van der Waals surface area contributed by atoms with Crippen molar-refractivity contribution in [1.29, 1.82) is 0 Å². The maximum absolute atomic E-state index is 5.40. The van der Waals surface area contributed by atoms with Gasteiger partial charge in [0.05, 0.1) is 6.20 Å². The van der Waals surface area contributed by atoms with E-state index < -0.39 is 0 Å². The largest absolute Gasteiger partial charge is 0.454 e. The van der Waals surface area contributed by atoms with Crippen LogP contribution in [0.5, 0.6) is 11.5 Å². The number of hydrogen-bond donors (Lipinski definition) is 1. The first-order chi connectivity index (χ1) is 11.8. The number of hydrogen-bond acceptors (Lipinski definition) is 7. The Hall–Kier alpha value is -2.57. The fourth-order valence-electron chi connectivity index (χ4n) is 2.97. The van der Waals surface area contributed by atoms with Crippen molar-refractivity contribution >= 4 is 11.8 Å². The minimum absolute atomic E-state index is 0.292. The lowest BCUT2D eigenvalue weighted by atomic mass is 10.00. The highest BCUT2D eigenvalue weighted by molar-refractivity contribution is 5.46. The number of nitrogens with zero attached hydrogens (tertiary/aromatic N) is 4. The summed E-state index contributed by atoms with van der Waals surface area (Å²) < 4.78 is 10.7. The Labute approximate surface area is 141 Å². The fraction of sp³-hybridized carbons (Fsp3) is 0.471. The number of aromatic nitrogens is 3. The molecule has 1 aromatic carbocycles. The van der Waals surface area contributed by atoms with Gasteiger partial charge in [0.15, 0.2) is 17.3 Å². The van der Waals surface area contributed by atoms with Crippen molar-refractivity contribution in [2.75, 3.05) is 30.1 Å². The summed E-state index contributed by atoms with van der Waals surface area (Å²) in [5, 5.41) is 11.6. The third kappa shape index (κ3) is 3.20. The molecule has 2 aliphatic rings. The Morgan fingerprint density at radius 2 is 2.04 bits per heavy atom. The van der Waals surface area contributed by atoms with Gasteiger partial charge in [0, 0.05) is 19.6 Å². The monoisotopic (exact) mass is 327 g/mol. The molecule has 1 saturated heterocycles. The Morgan fingerprint density at radius 3 is 2.92 bits per heavy atom. The van der Waals surface area contributed by atoms with E-state index in [1.54, 1.807) is 6.20 Å². The SMILES string of the molecule is CC1CCN(c2nncc(NCc3ccc4c(c3)OCO4)n2)CC1. The lowest BCUT2D eigenvalue weighted by Crippen LogP contribution is -2.34. The van der Waals surface area contributed by atoms with Crippen molar-refractivity contribution in [2.45, 2.75) is 26.3 Å². The molecule has 0 aliphatic carbocycles. The molecule has 1 fully saturated rings. The zero-order valence-corrected chi connectivity index (χ0v) is 13.7. The van der Waals surface area contributed by atoms with Gasteiger partial charge in [-0.1, -0.05) is 13.0 Å². The predicted molar refractivity (Wildman–Crippen MR) is 90.3 cm³/mol. The summed E-state index contributed by atoms with van der Waals surface area (Å²) in [6.45, 7) is 5.22. The molecule has 0 unspecified atom stereocenters. The molecule has 1 N–H and O–H groups in total. The average Bonchev–Trinajstić information content (AvgIpc) is 3.08. The summed E-state index contributed by atoms with van der Waals surface area (Å²) in [6.07, 6.45) is 4.01. The van der Waals surface area contributed by atoms with Gasteiger partial charge in [-0.05, 0) is 36.5 Å². The summed E-state index contributed by atoms with van der Waals surface area (Å²) in [5.41, 5.74) is 1.10. The molecule has 4 rings (SSSR count). The van der Waals surface area contributed by atoms with Crippen LogP contribution in [-0.2, 0) is 6.54 Å². The minimum atomic E-state index is 0.292. The van der Waals surface area contributed by atoms with E-state index in [0.717, 1.165) is 41.9 Å². The van der Waals surface area contributed by atoms with E-state index in [4.69, 9.17) is 9.47 Å². The Bertz CT molecular complexity index is 716. The third-order valence-electron chi connectivity index (χ3n) is 4.52. The Morgan fingerprint density at radius 1 is 1.21 bits per heavy atom. The molecule has 2 aliphatic heterocycles. The van der Waals surface area contributed by atoms with Crippen molar-refractivity contribution in [3.8, 4) is 11.5 Å². The summed E-state index contributed by atoms with van der Waals surface area (Å²) >= 11 is 0. The van der Waals surface area contributed by atoms with Gasteiger partial charge in [-0.25, -0.2) is 0 Å². The van der Waals surface area contributed by atoms with Gasteiger partial charge in [0.1, 0.15) is 0 Å². The normalized spacial score (nSPS) is 17.1. The zero-order valence-electron chi connectivity index (χ0n) is 13.7. The molecule has 7 nitrogen and oxygen atoms in total. The highest BCUT2D eigenvalue weighted by atomic mass is 16.7. The van der Waals surface area contributed by atoms with E-state index >= 15 is 0 Å². The molecule has 0 atom stereocenters. The molecule has 0 radical (unpaired) electrons. The number of nitrogens with one attached hydrogen (secondary N) is 1. The topological polar surface area (TPSA) is 72.4 Å². The Kier molecular flexibility index (Phi) is 4.06. The lowest BCUT2D eigenvalue weighted by molar-refractivity contribution is 0.174. The number of rotatable bonds is 4. The Balaban J connectivity index is 1.41. The highest BCUT2D eigenvalue weighted by Gasteiger charge is 2.18. The van der Waals surface area contributed by atoms with Crippen LogP contribution < -0.4 is 19.7 Å². The molecule has 7 heteroatoms. The van der Waals surface area contributed by atoms with Crippen molar-refractivity contribution in [2.24, 2.45) is 5.92 Å². The number of benzene rings is 1. The molecular weight excluding hydrogens is 306 g/mol. The maximum Gasteiger partial charge on any atom is 0.247 e. The number of fused-ring (bicyclic) bond motifs is 1. The zero-order chi connectivity index (χ0) is 16.4. The quantitative estimate of drug-likeness (QED) is 0.924. The van der Waals surface area contributed by atoms with E-state index in [2.05, 4.69) is 32.3 Å². The predicted octanol–water partition coefficient (Wildman–Crippen LogP) is 2.45. The van der Waals surface area contributed by atoms with E-state index in [1.807, 2.05) is 18.2 Å². The average molecular weight is 327 g/mol. The smallest absolute Gasteiger partial charge is 0.247 e. The second-order valence-corrected chi connectivity index (χ2v) is 6.35. The number of anilines is 2. The van der Waals surface area contributed by atoms with Crippen LogP contribution in [0.15, 0.2) is 24.4 Å². The van der Waals surface area contributed by atoms with Crippen molar-refractivity contribution < 1.29 is 9.47 Å². The third-order valence-corrected chi connectivity index (χ3v) is 4.52. The first kappa shape index (κ1) is 15.0. The summed E-state index contributed by atoms with van der Waals surface area (Å²) in [4.78, 5) is 6.80. The van der Waals surface area contributed by atoms with Crippen LogP contribution in [0, 0.1) is 5.92 Å². The molecule has 0 amide bonds. The van der Waals surface area contributed by atoms with Crippen LogP contribution in [0.2, 0.25) is 0 Å². The molecule has 0 saturated carbocycles. The standard InChI is InChI=1S/C17H21N5O2/c1-12-4-6-22(7-5-12)17-20-16(10-19-21-17)18-9-13-2-3-14-15(8-13)24-11-23-14/h2-3,8,10,12H,4-7,9,11H2,1H3,(H,18,20,21). The van der Waals surface area contributed by atoms with Crippen molar-refractivity contribution in [3.05, 3.63) is 30.0 Å². The van der Waals surface area contributed by atoms with Crippen molar-refractivity contribution in [1.82, 2.24) is 15.2 Å². The highest BCUT2D eigenvalue weighted by Crippen LogP contribution is 2.32. The van der Waals surface area contributed by atoms with Gasteiger partial charge in [0.2, 0.25) is 12.7 Å². The first-order valence-corrected chi connectivity index (χ1v) is 8.35. The van der Waals surface area contributed by atoms with Gasteiger partial charge >= 0.3 is 0 Å². The minimum Gasteiger partial charge on any atom is -0.454 e. The molecule has 0 spiro atoms. The van der Waals surface area contributed by atoms with Crippen LogP contribution in [-0.4, -0.2) is 35.1 Å². The maximum atomic E-state index is 5.40. The molecule has 0 bridgehead atoms. The van der Waals surface area contributed by atoms with Gasteiger partial charge < -0.3 is 19.7 Å². The summed E-state index contributed by atoms with van der Waals surface area (Å²) in [7, 11) is 0. The van der Waals surface area contributed by atoms with Gasteiger partial charge in [-0.2, -0.15) is 10.1 Å². The number of ether oxygens (including phenoxy) is 2. The molecule has 24 heavy (non-hydrogen) atoms. The molecule has 2 aromatic rings. The molecule has 126 valence electrons. The van der Waals surface area contributed by atoms with Crippen LogP contribution >= 0.6 is 0 Å². The summed E-state index contributed by atoms with van der Waals surface area (Å²) in [5.74, 6) is 3.80. The fourth-order valence-corrected chi connectivity index (χ4v) is 2.97. The first-order valence-electron chi connectivity index (χ1n) is 8.35. The van der Waals surface area contributed by atoms with E-state index in [-0.39, 0.29) is 0 Å². The summed E-state index contributed by atoms with van der Waals surface area (Å²) in [6, 6.07) is 5.93. The second kappa shape index (κ2) is 6.51. The van der Waals surface area contributed by atoms with Crippen LogP contribution in [0.3, 0.4) is 0 Å².